The monoisotopic (exact) mass is 567 g/mol. The van der Waals surface area contributed by atoms with E-state index in [4.69, 9.17) is 23.2 Å². The van der Waals surface area contributed by atoms with Crippen LogP contribution in [-0.2, 0) is 19.4 Å². The molecule has 1 aliphatic heterocycles. The number of amides is 1. The number of aliphatic carboxylic acids is 1. The second-order valence-corrected chi connectivity index (χ2v) is 13.7. The van der Waals surface area contributed by atoms with Gasteiger partial charge in [0.15, 0.2) is 9.84 Å². The Hall–Kier alpha value is -2.09. The average molecular weight is 569 g/mol. The topological polar surface area (TPSA) is 91.8 Å². The summed E-state index contributed by atoms with van der Waals surface area (Å²) in [7, 11) is -3.51. The van der Waals surface area contributed by atoms with Gasteiger partial charge in [-0.2, -0.15) is 0 Å². The van der Waals surface area contributed by atoms with Gasteiger partial charge in [0.2, 0.25) is 5.91 Å². The van der Waals surface area contributed by atoms with Crippen molar-refractivity contribution in [1.29, 1.82) is 0 Å². The number of nitrogens with zero attached hydrogens (tertiary/aromatic N) is 1. The Kier molecular flexibility index (Phi) is 9.36. The SMILES string of the molecule is CC[C@@H](CS(=O)(=O)[C@@H](C)CC)N1C(=O)[C@](C)(CC(=O)O)C[C@H](c2cccc(Cl)c2)[C@H]1c1ccc(Cl)cc1. The summed E-state index contributed by atoms with van der Waals surface area (Å²) < 4.78 is 26.5. The van der Waals surface area contributed by atoms with Crippen molar-refractivity contribution in [3.63, 3.8) is 0 Å². The molecule has 0 unspecified atom stereocenters. The van der Waals surface area contributed by atoms with Gasteiger partial charge >= 0.3 is 5.97 Å². The lowest BCUT2D eigenvalue weighted by Gasteiger charge is -2.52. The fourth-order valence-corrected chi connectivity index (χ4v) is 7.46. The van der Waals surface area contributed by atoms with E-state index in [1.165, 1.54) is 0 Å². The Bertz CT molecular complexity index is 1230. The fraction of sp³-hybridized carbons (Fsp3) is 0.500. The molecule has 3 rings (SSSR count). The van der Waals surface area contributed by atoms with Crippen LogP contribution in [0.25, 0.3) is 0 Å². The third-order valence-corrected chi connectivity index (χ3v) is 10.5. The number of carbonyl (C=O) groups is 2. The molecular weight excluding hydrogens is 533 g/mol. The number of likely N-dealkylation sites (tertiary alicyclic amines) is 1. The van der Waals surface area contributed by atoms with Gasteiger partial charge in [-0.15, -0.1) is 0 Å². The minimum Gasteiger partial charge on any atom is -0.481 e. The third-order valence-electron chi connectivity index (χ3n) is 7.61. The molecule has 0 saturated carbocycles. The first-order chi connectivity index (χ1) is 17.3. The number of carboxylic acids is 1. The van der Waals surface area contributed by atoms with Crippen LogP contribution in [0.5, 0.6) is 0 Å². The van der Waals surface area contributed by atoms with Crippen LogP contribution in [0.3, 0.4) is 0 Å². The predicted octanol–water partition coefficient (Wildman–Crippen LogP) is 6.52. The second kappa shape index (κ2) is 11.7. The normalized spacial score (nSPS) is 24.1. The van der Waals surface area contributed by atoms with Crippen molar-refractivity contribution in [2.24, 2.45) is 5.41 Å². The Morgan fingerprint density at radius 3 is 2.27 bits per heavy atom. The second-order valence-electron chi connectivity index (χ2n) is 10.3. The number of halogens is 2. The number of rotatable bonds is 10. The number of carboxylic acid groups (broad SMARTS) is 1. The molecule has 6 nitrogen and oxygen atoms in total. The molecule has 1 heterocycles. The minimum atomic E-state index is -3.51. The van der Waals surface area contributed by atoms with E-state index in [9.17, 15) is 23.1 Å². The van der Waals surface area contributed by atoms with Crippen LogP contribution >= 0.6 is 23.2 Å². The highest BCUT2D eigenvalue weighted by Gasteiger charge is 2.52. The summed E-state index contributed by atoms with van der Waals surface area (Å²) >= 11 is 12.5. The molecule has 0 radical (unpaired) electrons. The van der Waals surface area contributed by atoms with Crippen LogP contribution in [0.15, 0.2) is 48.5 Å². The smallest absolute Gasteiger partial charge is 0.304 e. The first-order valence-electron chi connectivity index (χ1n) is 12.6. The first kappa shape index (κ1) is 29.5. The van der Waals surface area contributed by atoms with Gasteiger partial charge in [-0.05, 0) is 61.6 Å². The molecule has 0 aliphatic carbocycles. The number of hydrogen-bond donors (Lipinski definition) is 1. The van der Waals surface area contributed by atoms with Crippen LogP contribution in [0, 0.1) is 5.41 Å². The third kappa shape index (κ3) is 6.50. The van der Waals surface area contributed by atoms with Crippen molar-refractivity contribution >= 4 is 44.9 Å². The Morgan fingerprint density at radius 1 is 1.08 bits per heavy atom. The summed E-state index contributed by atoms with van der Waals surface area (Å²) in [6.07, 6.45) is 0.782. The molecule has 0 spiro atoms. The molecule has 1 aliphatic rings. The Balaban J connectivity index is 2.25. The Labute approximate surface area is 229 Å². The summed E-state index contributed by atoms with van der Waals surface area (Å²) in [5.41, 5.74) is 0.440. The maximum absolute atomic E-state index is 14.2. The largest absolute Gasteiger partial charge is 0.481 e. The lowest BCUT2D eigenvalue weighted by molar-refractivity contribution is -0.160. The molecule has 2 aromatic carbocycles. The van der Waals surface area contributed by atoms with Gasteiger partial charge in [0, 0.05) is 22.0 Å². The van der Waals surface area contributed by atoms with Crippen molar-refractivity contribution < 1.29 is 23.1 Å². The van der Waals surface area contributed by atoms with E-state index in [2.05, 4.69) is 0 Å². The number of piperidine rings is 1. The van der Waals surface area contributed by atoms with Gasteiger partial charge in [0.1, 0.15) is 0 Å². The molecule has 202 valence electrons. The van der Waals surface area contributed by atoms with E-state index >= 15 is 0 Å². The van der Waals surface area contributed by atoms with Gasteiger partial charge in [-0.3, -0.25) is 9.59 Å². The summed E-state index contributed by atoms with van der Waals surface area (Å²) in [6.45, 7) is 7.04. The van der Waals surface area contributed by atoms with Crippen molar-refractivity contribution in [3.8, 4) is 0 Å². The van der Waals surface area contributed by atoms with Gasteiger partial charge in [0.25, 0.3) is 0 Å². The average Bonchev–Trinajstić information content (AvgIpc) is 2.83. The van der Waals surface area contributed by atoms with E-state index in [0.29, 0.717) is 22.9 Å². The highest BCUT2D eigenvalue weighted by molar-refractivity contribution is 7.92. The summed E-state index contributed by atoms with van der Waals surface area (Å²) in [5, 5.41) is 10.3. The maximum Gasteiger partial charge on any atom is 0.304 e. The Morgan fingerprint density at radius 2 is 1.73 bits per heavy atom. The standard InChI is InChI=1S/C28H35Cl2NO5S/c1-5-18(3)37(35,36)17-23(6-2)31-26(19-10-12-21(29)13-11-19)24(20-8-7-9-22(30)14-20)15-28(4,27(31)34)16-25(32)33/h7-14,18,23-24,26H,5-6,15-17H2,1-4H3,(H,32,33)/t18-,23-,24+,26+,28-/m0/s1. The lowest BCUT2D eigenvalue weighted by Crippen LogP contribution is -2.57. The summed E-state index contributed by atoms with van der Waals surface area (Å²) in [6, 6.07) is 13.4. The maximum atomic E-state index is 14.2. The lowest BCUT2D eigenvalue weighted by atomic mass is 9.67. The zero-order valence-electron chi connectivity index (χ0n) is 21.7. The molecule has 1 saturated heterocycles. The van der Waals surface area contributed by atoms with E-state index in [1.54, 1.807) is 36.9 Å². The molecule has 1 amide bonds. The predicted molar refractivity (Wildman–Crippen MR) is 148 cm³/mol. The van der Waals surface area contributed by atoms with E-state index in [0.717, 1.165) is 11.1 Å². The van der Waals surface area contributed by atoms with E-state index < -0.39 is 38.6 Å². The number of sulfone groups is 1. The molecule has 0 bridgehead atoms. The van der Waals surface area contributed by atoms with E-state index in [-0.39, 0.29) is 30.4 Å². The van der Waals surface area contributed by atoms with Crippen LogP contribution in [0.2, 0.25) is 10.0 Å². The quantitative estimate of drug-likeness (QED) is 0.352. The minimum absolute atomic E-state index is 0.195. The summed E-state index contributed by atoms with van der Waals surface area (Å²) in [5.74, 6) is -1.94. The molecule has 1 fully saturated rings. The van der Waals surface area contributed by atoms with Crippen LogP contribution in [-0.4, -0.2) is 47.3 Å². The molecular formula is C28H35Cl2NO5S. The molecule has 2 aromatic rings. The number of benzene rings is 2. The molecule has 37 heavy (non-hydrogen) atoms. The highest BCUT2D eigenvalue weighted by Crippen LogP contribution is 2.52. The van der Waals surface area contributed by atoms with Crippen LogP contribution < -0.4 is 0 Å². The van der Waals surface area contributed by atoms with Crippen molar-refractivity contribution in [1.82, 2.24) is 4.90 Å². The zero-order valence-corrected chi connectivity index (χ0v) is 24.0. The van der Waals surface area contributed by atoms with E-state index in [1.807, 2.05) is 44.2 Å². The zero-order chi connectivity index (χ0) is 27.5. The molecule has 1 N–H and O–H groups in total. The van der Waals surface area contributed by atoms with Crippen molar-refractivity contribution in [2.75, 3.05) is 5.75 Å². The molecule has 5 atom stereocenters. The summed E-state index contributed by atoms with van der Waals surface area (Å²) in [4.78, 5) is 27.8. The van der Waals surface area contributed by atoms with Gasteiger partial charge in [-0.1, -0.05) is 68.2 Å². The number of carbonyl (C=O) groups excluding carboxylic acids is 1. The van der Waals surface area contributed by atoms with Gasteiger partial charge in [-0.25, -0.2) is 8.42 Å². The van der Waals surface area contributed by atoms with Crippen LogP contribution in [0.4, 0.5) is 0 Å². The number of hydrogen-bond acceptors (Lipinski definition) is 4. The molecule has 0 aromatic heterocycles. The van der Waals surface area contributed by atoms with Gasteiger partial charge in [0.05, 0.1) is 28.9 Å². The fourth-order valence-electron chi connectivity index (χ4n) is 5.36. The highest BCUT2D eigenvalue weighted by atomic mass is 35.5. The first-order valence-corrected chi connectivity index (χ1v) is 15.1. The van der Waals surface area contributed by atoms with Crippen LogP contribution in [0.1, 0.15) is 76.5 Å². The molecule has 9 heteroatoms. The van der Waals surface area contributed by atoms with Gasteiger partial charge < -0.3 is 10.0 Å². The van der Waals surface area contributed by atoms with Crippen molar-refractivity contribution in [2.45, 2.75) is 76.6 Å². The van der Waals surface area contributed by atoms with Crippen molar-refractivity contribution in [3.05, 3.63) is 69.7 Å².